The first-order valence-corrected chi connectivity index (χ1v) is 12.0. The van der Waals surface area contributed by atoms with Gasteiger partial charge in [0.1, 0.15) is 12.4 Å². The Kier molecular flexibility index (Phi) is 8.21. The van der Waals surface area contributed by atoms with Crippen molar-refractivity contribution in [1.82, 2.24) is 35.4 Å². The summed E-state index contributed by atoms with van der Waals surface area (Å²) in [5, 5.41) is 19.1. The van der Waals surface area contributed by atoms with Gasteiger partial charge in [0.15, 0.2) is 5.82 Å². The third-order valence-corrected chi connectivity index (χ3v) is 6.17. The van der Waals surface area contributed by atoms with Crippen molar-refractivity contribution in [1.29, 1.82) is 0 Å². The predicted molar refractivity (Wildman–Crippen MR) is 137 cm³/mol. The second-order valence-electron chi connectivity index (χ2n) is 8.37. The third-order valence-electron chi connectivity index (χ3n) is 6.17. The fraction of sp³-hybridized carbons (Fsp3) is 0.370. The lowest BCUT2D eigenvalue weighted by Gasteiger charge is -2.27. The van der Waals surface area contributed by atoms with Crippen LogP contribution in [0.4, 0.5) is 0 Å². The summed E-state index contributed by atoms with van der Waals surface area (Å²) in [5.74, 6) is 7.03. The van der Waals surface area contributed by atoms with Crippen LogP contribution in [0.5, 0.6) is 0 Å². The molecule has 4 rings (SSSR count). The Morgan fingerprint density at radius 2 is 1.78 bits per heavy atom. The summed E-state index contributed by atoms with van der Waals surface area (Å²) in [6.07, 6.45) is 3.23. The minimum Gasteiger partial charge on any atom is -0.347 e. The first-order chi connectivity index (χ1) is 17.6. The number of hydrogen-bond acceptors (Lipinski definition) is 7. The van der Waals surface area contributed by atoms with Crippen LogP contribution in [0.25, 0.3) is 22.5 Å². The fourth-order valence-corrected chi connectivity index (χ4v) is 4.14. The van der Waals surface area contributed by atoms with Crippen molar-refractivity contribution in [3.05, 3.63) is 65.7 Å². The SMILES string of the molecule is CC#CCn1nc(C(CCCC)(OC)OC)nc1Cc1ccc(-c2ccccc2-c2nnn[nH]2)cc1. The molecule has 0 atom stereocenters. The molecule has 0 saturated heterocycles. The van der Waals surface area contributed by atoms with Crippen molar-refractivity contribution in [2.45, 2.75) is 51.9 Å². The summed E-state index contributed by atoms with van der Waals surface area (Å²) in [4.78, 5) is 4.86. The molecule has 2 aromatic carbocycles. The van der Waals surface area contributed by atoms with Gasteiger partial charge in [-0.05, 0) is 40.5 Å². The average Bonchev–Trinajstić information content (AvgIpc) is 3.60. The average molecular weight is 486 g/mol. The zero-order chi connectivity index (χ0) is 25.4. The molecule has 0 radical (unpaired) electrons. The standard InChI is InChI=1S/C27H31N7O2/c1-5-7-17-27(35-3,36-4)26-28-24(34(31-26)18-8-6-2)19-20-13-15-21(16-14-20)22-11-9-10-12-23(22)25-29-32-33-30-25/h9-16H,5,7,17-19H2,1-4H3,(H,29,30,32,33). The normalized spacial score (nSPS) is 11.3. The molecule has 0 bridgehead atoms. The summed E-state index contributed by atoms with van der Waals surface area (Å²) in [6.45, 7) is 4.40. The molecule has 0 aliphatic carbocycles. The summed E-state index contributed by atoms with van der Waals surface area (Å²) in [7, 11) is 3.27. The van der Waals surface area contributed by atoms with E-state index < -0.39 is 5.79 Å². The molecule has 1 N–H and O–H groups in total. The molecule has 36 heavy (non-hydrogen) atoms. The van der Waals surface area contributed by atoms with Crippen molar-refractivity contribution in [3.63, 3.8) is 0 Å². The number of hydrogen-bond donors (Lipinski definition) is 1. The number of H-pyrrole nitrogens is 1. The van der Waals surface area contributed by atoms with Gasteiger partial charge in [0.25, 0.3) is 0 Å². The summed E-state index contributed by atoms with van der Waals surface area (Å²) in [6, 6.07) is 16.4. The van der Waals surface area contributed by atoms with Crippen molar-refractivity contribution >= 4 is 0 Å². The van der Waals surface area contributed by atoms with Crippen LogP contribution in [0.2, 0.25) is 0 Å². The van der Waals surface area contributed by atoms with Crippen LogP contribution in [-0.2, 0) is 28.2 Å². The van der Waals surface area contributed by atoms with E-state index in [0.29, 0.717) is 31.0 Å². The van der Waals surface area contributed by atoms with E-state index in [-0.39, 0.29) is 0 Å². The van der Waals surface area contributed by atoms with Crippen LogP contribution >= 0.6 is 0 Å². The number of aromatic amines is 1. The maximum absolute atomic E-state index is 5.79. The zero-order valence-electron chi connectivity index (χ0n) is 21.2. The van der Waals surface area contributed by atoms with Crippen LogP contribution in [0.1, 0.15) is 50.3 Å². The Balaban J connectivity index is 1.63. The summed E-state index contributed by atoms with van der Waals surface area (Å²) >= 11 is 0. The molecule has 0 aliphatic rings. The van der Waals surface area contributed by atoms with E-state index in [1.807, 2.05) is 29.8 Å². The molecule has 9 heteroatoms. The highest BCUT2D eigenvalue weighted by molar-refractivity contribution is 5.80. The van der Waals surface area contributed by atoms with Crippen molar-refractivity contribution in [3.8, 4) is 34.4 Å². The van der Waals surface area contributed by atoms with E-state index in [4.69, 9.17) is 19.6 Å². The molecule has 2 aromatic heterocycles. The molecular weight excluding hydrogens is 454 g/mol. The molecule has 0 amide bonds. The van der Waals surface area contributed by atoms with E-state index in [0.717, 1.165) is 40.9 Å². The number of nitrogens with zero attached hydrogens (tertiary/aromatic N) is 6. The van der Waals surface area contributed by atoms with Gasteiger partial charge in [-0.1, -0.05) is 67.8 Å². The quantitative estimate of drug-likeness (QED) is 0.248. The van der Waals surface area contributed by atoms with E-state index in [1.54, 1.807) is 14.2 Å². The first-order valence-electron chi connectivity index (χ1n) is 12.0. The molecule has 0 aliphatic heterocycles. The van der Waals surface area contributed by atoms with Crippen LogP contribution in [0, 0.1) is 11.8 Å². The van der Waals surface area contributed by atoms with Crippen LogP contribution < -0.4 is 0 Å². The van der Waals surface area contributed by atoms with Crippen LogP contribution in [0.3, 0.4) is 0 Å². The van der Waals surface area contributed by atoms with E-state index in [1.165, 1.54) is 0 Å². The van der Waals surface area contributed by atoms with E-state index in [2.05, 4.69) is 69.7 Å². The minimum absolute atomic E-state index is 0.451. The van der Waals surface area contributed by atoms with Gasteiger partial charge < -0.3 is 9.47 Å². The van der Waals surface area contributed by atoms with Crippen LogP contribution in [0.15, 0.2) is 48.5 Å². The Hall–Kier alpha value is -3.87. The molecule has 9 nitrogen and oxygen atoms in total. The number of tetrazole rings is 1. The largest absolute Gasteiger partial charge is 0.347 e. The number of unbranched alkanes of at least 4 members (excludes halogenated alkanes) is 1. The zero-order valence-corrected chi connectivity index (χ0v) is 21.2. The Morgan fingerprint density at radius 1 is 1.03 bits per heavy atom. The number of rotatable bonds is 11. The van der Waals surface area contributed by atoms with Gasteiger partial charge in [0, 0.05) is 32.6 Å². The molecule has 0 fully saturated rings. The third kappa shape index (κ3) is 5.35. The van der Waals surface area contributed by atoms with Crippen molar-refractivity contribution in [2.24, 2.45) is 0 Å². The second kappa shape index (κ2) is 11.7. The van der Waals surface area contributed by atoms with Crippen LogP contribution in [-0.4, -0.2) is 49.6 Å². The molecule has 0 unspecified atom stereocenters. The number of aromatic nitrogens is 7. The van der Waals surface area contributed by atoms with Gasteiger partial charge in [-0.25, -0.2) is 14.8 Å². The smallest absolute Gasteiger partial charge is 0.231 e. The van der Waals surface area contributed by atoms with Crippen molar-refractivity contribution in [2.75, 3.05) is 14.2 Å². The summed E-state index contributed by atoms with van der Waals surface area (Å²) in [5.41, 5.74) is 4.17. The maximum Gasteiger partial charge on any atom is 0.231 e. The second-order valence-corrected chi connectivity index (χ2v) is 8.37. The fourth-order valence-electron chi connectivity index (χ4n) is 4.14. The topological polar surface area (TPSA) is 104 Å². The monoisotopic (exact) mass is 485 g/mol. The van der Waals surface area contributed by atoms with Gasteiger partial charge >= 0.3 is 0 Å². The summed E-state index contributed by atoms with van der Waals surface area (Å²) < 4.78 is 13.4. The highest BCUT2D eigenvalue weighted by Gasteiger charge is 2.37. The predicted octanol–water partition coefficient (Wildman–Crippen LogP) is 4.38. The first kappa shape index (κ1) is 25.2. The number of nitrogens with one attached hydrogen (secondary N) is 1. The number of benzene rings is 2. The lowest BCUT2D eigenvalue weighted by Crippen LogP contribution is -2.32. The molecular formula is C27H31N7O2. The van der Waals surface area contributed by atoms with Gasteiger partial charge in [-0.2, -0.15) is 0 Å². The Morgan fingerprint density at radius 3 is 2.42 bits per heavy atom. The van der Waals surface area contributed by atoms with Gasteiger partial charge in [0.05, 0.1) is 0 Å². The minimum atomic E-state index is -0.973. The van der Waals surface area contributed by atoms with Gasteiger partial charge in [-0.3, -0.25) is 0 Å². The van der Waals surface area contributed by atoms with E-state index in [9.17, 15) is 0 Å². The molecule has 4 aromatic rings. The Bertz CT molecular complexity index is 1310. The maximum atomic E-state index is 5.79. The molecule has 0 saturated carbocycles. The van der Waals surface area contributed by atoms with Gasteiger partial charge in [-0.15, -0.1) is 16.1 Å². The van der Waals surface area contributed by atoms with Crippen molar-refractivity contribution < 1.29 is 9.47 Å². The molecule has 0 spiro atoms. The lowest BCUT2D eigenvalue weighted by molar-refractivity contribution is -0.226. The number of methoxy groups -OCH3 is 2. The molecule has 2 heterocycles. The highest BCUT2D eigenvalue weighted by Crippen LogP contribution is 2.31. The molecule has 186 valence electrons. The Labute approximate surface area is 211 Å². The van der Waals surface area contributed by atoms with Gasteiger partial charge in [0.2, 0.25) is 11.6 Å². The number of ether oxygens (including phenoxy) is 2. The lowest BCUT2D eigenvalue weighted by atomic mass is 9.98. The van der Waals surface area contributed by atoms with E-state index >= 15 is 0 Å². The highest BCUT2D eigenvalue weighted by atomic mass is 16.7.